The molecule has 1 aliphatic heterocycles. The van der Waals surface area contributed by atoms with Crippen molar-refractivity contribution in [2.45, 2.75) is 24.0 Å². The molecule has 33 heavy (non-hydrogen) atoms. The van der Waals surface area contributed by atoms with Crippen LogP contribution in [-0.4, -0.2) is 70.4 Å². The second-order valence-corrected chi connectivity index (χ2v) is 9.29. The van der Waals surface area contributed by atoms with Crippen LogP contribution in [0.3, 0.4) is 0 Å². The Morgan fingerprint density at radius 2 is 1.94 bits per heavy atom. The van der Waals surface area contributed by atoms with Crippen molar-refractivity contribution in [2.24, 2.45) is 0 Å². The number of alkyl halides is 3. The molecule has 1 aliphatic rings. The lowest BCUT2D eigenvalue weighted by atomic mass is 10.2. The fraction of sp³-hybridized carbons (Fsp3) is 0.429. The summed E-state index contributed by atoms with van der Waals surface area (Å²) in [5.41, 5.74) is 2.06. The molecule has 0 bridgehead atoms. The average molecular weight is 486 g/mol. The number of nitrogens with zero attached hydrogens (tertiary/aromatic N) is 4. The molecule has 178 valence electrons. The fourth-order valence-corrected chi connectivity index (χ4v) is 4.71. The first-order valence-corrected chi connectivity index (χ1v) is 11.6. The first-order chi connectivity index (χ1) is 15.6. The number of anilines is 1. The van der Waals surface area contributed by atoms with Gasteiger partial charge in [0.15, 0.2) is 12.4 Å². The first kappa shape index (κ1) is 23.6. The summed E-state index contributed by atoms with van der Waals surface area (Å²) in [6.07, 6.45) is -3.16. The van der Waals surface area contributed by atoms with Crippen LogP contribution in [-0.2, 0) is 16.9 Å². The molecule has 1 N–H and O–H groups in total. The molecular formula is C21H23F4N5O2S. The second kappa shape index (κ2) is 9.35. The third-order valence-corrected chi connectivity index (χ3v) is 6.67. The van der Waals surface area contributed by atoms with Crippen molar-refractivity contribution in [2.75, 3.05) is 44.7 Å². The number of likely N-dealkylation sites (N-methyl/N-ethyl adjacent to an activating group) is 1. The maximum atomic E-state index is 14.7. The van der Waals surface area contributed by atoms with Gasteiger partial charge in [-0.25, -0.2) is 4.39 Å². The standard InChI is InChI=1S/C21H23F4N5O2S/c1-13-17(26-4-3-19(13)32-12-21(23,24)25)11-33(31)20-27-15-9-14(22)18(10-16(15)28-20)30-7-5-29(2)6-8-30/h3-4,9-10H,5-8,11-12H2,1-2H3,(H,27,28). The minimum absolute atomic E-state index is 0.0258. The summed E-state index contributed by atoms with van der Waals surface area (Å²) in [6, 6.07) is 4.31. The van der Waals surface area contributed by atoms with Crippen LogP contribution in [0.2, 0.25) is 0 Å². The van der Waals surface area contributed by atoms with Crippen LogP contribution in [0.4, 0.5) is 23.2 Å². The second-order valence-electron chi connectivity index (χ2n) is 7.93. The highest BCUT2D eigenvalue weighted by Gasteiger charge is 2.29. The van der Waals surface area contributed by atoms with Crippen LogP contribution < -0.4 is 9.64 Å². The summed E-state index contributed by atoms with van der Waals surface area (Å²) >= 11 is -1.68. The predicted octanol–water partition coefficient (Wildman–Crippen LogP) is 3.41. The number of nitrogens with one attached hydrogen (secondary N) is 1. The van der Waals surface area contributed by atoms with Gasteiger partial charge in [0.2, 0.25) is 0 Å². The van der Waals surface area contributed by atoms with Crippen LogP contribution in [0.25, 0.3) is 11.0 Å². The molecule has 3 heterocycles. The number of benzene rings is 1. The monoisotopic (exact) mass is 485 g/mol. The first-order valence-electron chi connectivity index (χ1n) is 10.3. The number of hydrogen-bond acceptors (Lipinski definition) is 6. The predicted molar refractivity (Wildman–Crippen MR) is 116 cm³/mol. The fourth-order valence-electron chi connectivity index (χ4n) is 3.61. The Labute approximate surface area is 190 Å². The topological polar surface area (TPSA) is 80.3 Å². The minimum atomic E-state index is -4.47. The van der Waals surface area contributed by atoms with Gasteiger partial charge in [0, 0.05) is 55.2 Å². The van der Waals surface area contributed by atoms with Gasteiger partial charge in [0.1, 0.15) is 11.6 Å². The van der Waals surface area contributed by atoms with E-state index in [1.54, 1.807) is 13.0 Å². The van der Waals surface area contributed by atoms with Crippen molar-refractivity contribution in [1.29, 1.82) is 0 Å². The van der Waals surface area contributed by atoms with E-state index >= 15 is 0 Å². The number of hydrogen-bond donors (Lipinski definition) is 1. The molecule has 3 aromatic rings. The molecule has 1 atom stereocenters. The van der Waals surface area contributed by atoms with Crippen molar-refractivity contribution < 1.29 is 26.9 Å². The molecule has 0 radical (unpaired) electrons. The van der Waals surface area contributed by atoms with Gasteiger partial charge in [-0.15, -0.1) is 0 Å². The highest BCUT2D eigenvalue weighted by atomic mass is 32.2. The molecule has 0 saturated carbocycles. The summed E-state index contributed by atoms with van der Waals surface area (Å²) in [5, 5.41) is 0.141. The van der Waals surface area contributed by atoms with Gasteiger partial charge >= 0.3 is 11.3 Å². The quantitative estimate of drug-likeness (QED) is 0.426. The molecular weight excluding hydrogens is 462 g/mol. The zero-order valence-corrected chi connectivity index (χ0v) is 18.9. The lowest BCUT2D eigenvalue weighted by molar-refractivity contribution is -0.153. The number of fused-ring (bicyclic) bond motifs is 1. The van der Waals surface area contributed by atoms with Gasteiger partial charge < -0.3 is 19.1 Å². The van der Waals surface area contributed by atoms with Crippen molar-refractivity contribution >= 4 is 27.9 Å². The molecule has 4 rings (SSSR count). The number of piperazine rings is 1. The Morgan fingerprint density at radius 1 is 1.21 bits per heavy atom. The van der Waals surface area contributed by atoms with E-state index in [1.807, 2.05) is 11.9 Å². The van der Waals surface area contributed by atoms with Crippen LogP contribution in [0.15, 0.2) is 29.6 Å². The molecule has 1 fully saturated rings. The average Bonchev–Trinajstić information content (AvgIpc) is 3.17. The van der Waals surface area contributed by atoms with Gasteiger partial charge in [-0.05, 0) is 26.1 Å². The molecule has 2 aromatic heterocycles. The number of H-pyrrole nitrogens is 1. The summed E-state index contributed by atoms with van der Waals surface area (Å²) in [4.78, 5) is 15.5. The summed E-state index contributed by atoms with van der Waals surface area (Å²) in [6.45, 7) is 3.17. The number of rotatable bonds is 6. The Morgan fingerprint density at radius 3 is 2.64 bits per heavy atom. The molecule has 12 heteroatoms. The molecule has 1 unspecified atom stereocenters. The smallest absolute Gasteiger partial charge is 0.422 e. The van der Waals surface area contributed by atoms with Gasteiger partial charge in [-0.1, -0.05) is 0 Å². The van der Waals surface area contributed by atoms with E-state index in [2.05, 4.69) is 19.9 Å². The number of ether oxygens (including phenoxy) is 1. The molecule has 1 saturated heterocycles. The SMILES string of the molecule is Cc1c(OCC(F)(F)F)ccnc1C[S+]([O-])c1nc2cc(N3CCN(C)CC3)c(F)cc2[nH]1. The number of aromatic nitrogens is 3. The molecule has 1 aromatic carbocycles. The van der Waals surface area contributed by atoms with Crippen LogP contribution in [0.5, 0.6) is 5.75 Å². The number of aromatic amines is 1. The number of pyridine rings is 1. The van der Waals surface area contributed by atoms with Gasteiger partial charge in [-0.2, -0.15) is 18.2 Å². The Bertz CT molecular complexity index is 1130. The van der Waals surface area contributed by atoms with E-state index in [0.717, 1.165) is 13.1 Å². The molecule has 0 aliphatic carbocycles. The van der Waals surface area contributed by atoms with Crippen molar-refractivity contribution in [3.8, 4) is 5.75 Å². The van der Waals surface area contributed by atoms with E-state index < -0.39 is 24.0 Å². The lowest BCUT2D eigenvalue weighted by Gasteiger charge is -2.34. The van der Waals surface area contributed by atoms with Crippen molar-refractivity contribution in [3.63, 3.8) is 0 Å². The summed E-state index contributed by atoms with van der Waals surface area (Å²) < 4.78 is 69.9. The van der Waals surface area contributed by atoms with E-state index in [-0.39, 0.29) is 22.5 Å². The van der Waals surface area contributed by atoms with E-state index in [0.29, 0.717) is 41.1 Å². The maximum Gasteiger partial charge on any atom is 0.422 e. The highest BCUT2D eigenvalue weighted by molar-refractivity contribution is 7.90. The van der Waals surface area contributed by atoms with Gasteiger partial charge in [0.05, 0.1) is 22.4 Å². The largest absolute Gasteiger partial charge is 0.609 e. The van der Waals surface area contributed by atoms with Gasteiger partial charge in [-0.3, -0.25) is 9.97 Å². The molecule has 7 nitrogen and oxygen atoms in total. The number of imidazole rings is 1. The van der Waals surface area contributed by atoms with Crippen molar-refractivity contribution in [3.05, 3.63) is 41.5 Å². The summed E-state index contributed by atoms with van der Waals surface area (Å²) in [5.74, 6) is -0.444. The maximum absolute atomic E-state index is 14.7. The highest BCUT2D eigenvalue weighted by Crippen LogP contribution is 2.29. The Kier molecular flexibility index (Phi) is 6.68. The zero-order chi connectivity index (χ0) is 23.8. The van der Waals surface area contributed by atoms with Crippen LogP contribution >= 0.6 is 0 Å². The van der Waals surface area contributed by atoms with Crippen molar-refractivity contribution in [1.82, 2.24) is 19.9 Å². The van der Waals surface area contributed by atoms with Crippen LogP contribution in [0.1, 0.15) is 11.3 Å². The van der Waals surface area contributed by atoms with Gasteiger partial charge in [0.25, 0.3) is 0 Å². The normalized spacial score (nSPS) is 16.4. The number of halogens is 4. The van der Waals surface area contributed by atoms with Crippen LogP contribution in [0, 0.1) is 12.7 Å². The van der Waals surface area contributed by atoms with E-state index in [1.165, 1.54) is 18.3 Å². The van der Waals surface area contributed by atoms with E-state index in [4.69, 9.17) is 4.74 Å². The Hall–Kier alpha value is -2.57. The third-order valence-electron chi connectivity index (χ3n) is 5.51. The molecule has 0 spiro atoms. The third kappa shape index (κ3) is 5.50. The van der Waals surface area contributed by atoms with E-state index in [9.17, 15) is 22.1 Å². The molecule has 0 amide bonds. The Balaban J connectivity index is 1.52. The lowest BCUT2D eigenvalue weighted by Crippen LogP contribution is -2.44. The minimum Gasteiger partial charge on any atom is -0.609 e. The summed E-state index contributed by atoms with van der Waals surface area (Å²) in [7, 11) is 2.01. The zero-order valence-electron chi connectivity index (χ0n) is 18.1.